The maximum atomic E-state index is 12.7. The minimum atomic E-state index is -3.55. The van der Waals surface area contributed by atoms with Gasteiger partial charge in [-0.15, -0.1) is 0 Å². The van der Waals surface area contributed by atoms with Gasteiger partial charge in [0.2, 0.25) is 10.0 Å². The first-order chi connectivity index (χ1) is 10.9. The number of piperidine rings is 1. The van der Waals surface area contributed by atoms with Crippen molar-refractivity contribution in [3.8, 4) is 5.75 Å². The molecule has 0 amide bonds. The Labute approximate surface area is 150 Å². The quantitative estimate of drug-likeness (QED) is 0.506. The van der Waals surface area contributed by atoms with E-state index >= 15 is 0 Å². The summed E-state index contributed by atoms with van der Waals surface area (Å²) in [6.45, 7) is 2.77. The van der Waals surface area contributed by atoms with E-state index in [9.17, 15) is 13.2 Å². The van der Waals surface area contributed by atoms with Crippen molar-refractivity contribution in [2.24, 2.45) is 5.92 Å². The lowest BCUT2D eigenvalue weighted by atomic mass is 9.98. The van der Waals surface area contributed by atoms with E-state index < -0.39 is 10.0 Å². The van der Waals surface area contributed by atoms with E-state index in [4.69, 9.17) is 9.47 Å². The molecule has 0 N–H and O–H groups in total. The summed E-state index contributed by atoms with van der Waals surface area (Å²) in [5, 5.41) is 0. The molecule has 0 atom stereocenters. The second-order valence-corrected chi connectivity index (χ2v) is 8.33. The van der Waals surface area contributed by atoms with Gasteiger partial charge >= 0.3 is 5.97 Å². The molecule has 1 aliphatic heterocycles. The summed E-state index contributed by atoms with van der Waals surface area (Å²) in [5.74, 6) is 0.200. The van der Waals surface area contributed by atoms with Gasteiger partial charge in [-0.3, -0.25) is 4.79 Å². The third kappa shape index (κ3) is 4.16. The number of hydrogen-bond acceptors (Lipinski definition) is 5. The second-order valence-electron chi connectivity index (χ2n) is 5.23. The summed E-state index contributed by atoms with van der Waals surface area (Å²) < 4.78 is 37.7. The van der Waals surface area contributed by atoms with Crippen LogP contribution in [0.5, 0.6) is 5.75 Å². The van der Waals surface area contributed by atoms with E-state index in [-0.39, 0.29) is 16.8 Å². The lowest BCUT2D eigenvalue weighted by molar-refractivity contribution is -0.149. The number of benzene rings is 1. The van der Waals surface area contributed by atoms with Gasteiger partial charge in [-0.05, 0) is 60.6 Å². The van der Waals surface area contributed by atoms with Crippen molar-refractivity contribution in [2.75, 3.05) is 26.8 Å². The fourth-order valence-corrected chi connectivity index (χ4v) is 4.99. The topological polar surface area (TPSA) is 72.9 Å². The number of ether oxygens (including phenoxy) is 2. The molecule has 0 aromatic heterocycles. The Balaban J connectivity index is 2.10. The SMILES string of the molecule is CCOC(=O)C1CCN(S(=O)(=O)c2ccc(OC)c(I)c2)CC1. The van der Waals surface area contributed by atoms with Crippen molar-refractivity contribution in [1.29, 1.82) is 0 Å². The first-order valence-electron chi connectivity index (χ1n) is 7.40. The molecule has 1 aromatic rings. The van der Waals surface area contributed by atoms with E-state index in [0.717, 1.165) is 3.57 Å². The Morgan fingerprint density at radius 2 is 2.00 bits per heavy atom. The van der Waals surface area contributed by atoms with Crippen LogP contribution < -0.4 is 4.74 Å². The number of nitrogens with zero attached hydrogens (tertiary/aromatic N) is 1. The van der Waals surface area contributed by atoms with Gasteiger partial charge in [0, 0.05) is 13.1 Å². The maximum Gasteiger partial charge on any atom is 0.309 e. The summed E-state index contributed by atoms with van der Waals surface area (Å²) in [4.78, 5) is 12.0. The monoisotopic (exact) mass is 453 g/mol. The Hall–Kier alpha value is -0.870. The molecule has 1 aliphatic rings. The molecule has 1 fully saturated rings. The van der Waals surface area contributed by atoms with Gasteiger partial charge in [0.1, 0.15) is 5.75 Å². The average Bonchev–Trinajstić information content (AvgIpc) is 2.55. The minimum absolute atomic E-state index is 0.211. The molecule has 0 unspecified atom stereocenters. The van der Waals surface area contributed by atoms with Crippen LogP contribution >= 0.6 is 22.6 Å². The predicted octanol–water partition coefficient (Wildman–Crippen LogP) is 2.26. The number of sulfonamides is 1. The van der Waals surface area contributed by atoms with Crippen LogP contribution in [0.2, 0.25) is 0 Å². The van der Waals surface area contributed by atoms with Crippen molar-refractivity contribution in [3.63, 3.8) is 0 Å². The molecule has 1 aromatic carbocycles. The Kier molecular flexibility index (Phi) is 6.26. The first-order valence-corrected chi connectivity index (χ1v) is 9.92. The zero-order chi connectivity index (χ0) is 17.0. The van der Waals surface area contributed by atoms with Gasteiger partial charge < -0.3 is 9.47 Å². The standard InChI is InChI=1S/C15H20INO5S/c1-3-22-15(18)11-6-8-17(9-7-11)23(19,20)12-4-5-14(21-2)13(16)10-12/h4-5,10-11H,3,6-9H2,1-2H3. The van der Waals surface area contributed by atoms with Crippen LogP contribution in [-0.2, 0) is 19.6 Å². The number of hydrogen-bond donors (Lipinski definition) is 0. The molecular formula is C15H20INO5S. The number of halogens is 1. The number of carbonyl (C=O) groups excluding carboxylic acids is 1. The van der Waals surface area contributed by atoms with Gasteiger partial charge in [-0.2, -0.15) is 4.31 Å². The average molecular weight is 453 g/mol. The zero-order valence-corrected chi connectivity index (χ0v) is 16.1. The normalized spacial score (nSPS) is 17.0. The molecule has 0 aliphatic carbocycles. The Bertz CT molecular complexity index is 668. The molecule has 23 heavy (non-hydrogen) atoms. The molecule has 8 heteroatoms. The van der Waals surface area contributed by atoms with E-state index in [1.165, 1.54) is 4.31 Å². The summed E-state index contributed by atoms with van der Waals surface area (Å²) in [7, 11) is -2.00. The Morgan fingerprint density at radius 3 is 2.52 bits per heavy atom. The van der Waals surface area contributed by atoms with Crippen LogP contribution in [-0.4, -0.2) is 45.5 Å². The molecule has 0 saturated carbocycles. The molecule has 0 spiro atoms. The highest BCUT2D eigenvalue weighted by Crippen LogP contribution is 2.28. The molecule has 6 nitrogen and oxygen atoms in total. The first kappa shape index (κ1) is 18.5. The molecule has 1 saturated heterocycles. The smallest absolute Gasteiger partial charge is 0.309 e. The van der Waals surface area contributed by atoms with Crippen molar-refractivity contribution >= 4 is 38.6 Å². The third-order valence-corrected chi connectivity index (χ3v) is 6.57. The number of carbonyl (C=O) groups is 1. The zero-order valence-electron chi connectivity index (χ0n) is 13.1. The maximum absolute atomic E-state index is 12.7. The van der Waals surface area contributed by atoms with E-state index in [1.54, 1.807) is 32.2 Å². The van der Waals surface area contributed by atoms with Gasteiger partial charge in [-0.25, -0.2) is 8.42 Å². The highest BCUT2D eigenvalue weighted by atomic mass is 127. The number of rotatable bonds is 5. The summed E-state index contributed by atoms with van der Waals surface area (Å²) >= 11 is 2.05. The lowest BCUT2D eigenvalue weighted by Crippen LogP contribution is -2.40. The molecule has 0 radical (unpaired) electrons. The largest absolute Gasteiger partial charge is 0.496 e. The number of methoxy groups -OCH3 is 1. The lowest BCUT2D eigenvalue weighted by Gasteiger charge is -2.30. The van der Waals surface area contributed by atoms with E-state index in [0.29, 0.717) is 38.3 Å². The van der Waals surface area contributed by atoms with Gasteiger partial charge in [-0.1, -0.05) is 0 Å². The molecule has 2 rings (SSSR count). The van der Waals surface area contributed by atoms with Crippen LogP contribution in [0.3, 0.4) is 0 Å². The summed E-state index contributed by atoms with van der Waals surface area (Å²) in [6, 6.07) is 4.81. The summed E-state index contributed by atoms with van der Waals surface area (Å²) in [5.41, 5.74) is 0. The van der Waals surface area contributed by atoms with Crippen molar-refractivity contribution < 1.29 is 22.7 Å². The fourth-order valence-electron chi connectivity index (χ4n) is 2.55. The van der Waals surface area contributed by atoms with E-state index in [1.807, 2.05) is 22.6 Å². The van der Waals surface area contributed by atoms with Gasteiger partial charge in [0.25, 0.3) is 0 Å². The van der Waals surface area contributed by atoms with Crippen LogP contribution in [0.15, 0.2) is 23.1 Å². The minimum Gasteiger partial charge on any atom is -0.496 e. The fraction of sp³-hybridized carbons (Fsp3) is 0.533. The van der Waals surface area contributed by atoms with Gasteiger partial charge in [0.15, 0.2) is 0 Å². The Morgan fingerprint density at radius 1 is 1.35 bits per heavy atom. The highest BCUT2D eigenvalue weighted by Gasteiger charge is 2.32. The highest BCUT2D eigenvalue weighted by molar-refractivity contribution is 14.1. The molecule has 128 valence electrons. The van der Waals surface area contributed by atoms with Crippen LogP contribution in [0.25, 0.3) is 0 Å². The molecule has 0 bridgehead atoms. The molecule has 1 heterocycles. The van der Waals surface area contributed by atoms with Crippen molar-refractivity contribution in [1.82, 2.24) is 4.31 Å². The van der Waals surface area contributed by atoms with E-state index in [2.05, 4.69) is 0 Å². The van der Waals surface area contributed by atoms with Gasteiger partial charge in [0.05, 0.1) is 28.1 Å². The molecular weight excluding hydrogens is 433 g/mol. The van der Waals surface area contributed by atoms with Crippen LogP contribution in [0.1, 0.15) is 19.8 Å². The summed E-state index contributed by atoms with van der Waals surface area (Å²) in [6.07, 6.45) is 0.983. The van der Waals surface area contributed by atoms with Crippen molar-refractivity contribution in [3.05, 3.63) is 21.8 Å². The number of esters is 1. The van der Waals surface area contributed by atoms with Crippen molar-refractivity contribution in [2.45, 2.75) is 24.7 Å². The van der Waals surface area contributed by atoms with Crippen LogP contribution in [0, 0.1) is 9.49 Å². The third-order valence-electron chi connectivity index (χ3n) is 3.83. The van der Waals surface area contributed by atoms with Crippen LogP contribution in [0.4, 0.5) is 0 Å². The second kappa shape index (κ2) is 7.80. The predicted molar refractivity (Wildman–Crippen MR) is 93.8 cm³/mol.